The average Bonchev–Trinajstić information content (AvgIpc) is 2.77. The molecule has 0 unspecified atom stereocenters. The highest BCUT2D eigenvalue weighted by Crippen LogP contribution is 2.16. The van der Waals surface area contributed by atoms with E-state index in [0.29, 0.717) is 23.7 Å². The van der Waals surface area contributed by atoms with Gasteiger partial charge >= 0.3 is 0 Å². The van der Waals surface area contributed by atoms with E-state index in [1.54, 1.807) is 11.6 Å². The number of nitrogens with zero attached hydrogens (tertiary/aromatic N) is 3. The summed E-state index contributed by atoms with van der Waals surface area (Å²) in [6, 6.07) is 9.90. The molecule has 30 heavy (non-hydrogen) atoms. The highest BCUT2D eigenvalue weighted by Gasteiger charge is 2.14. The topological polar surface area (TPSA) is 76.5 Å². The summed E-state index contributed by atoms with van der Waals surface area (Å²) < 4.78 is 6.88. The Morgan fingerprint density at radius 1 is 1.23 bits per heavy atom. The van der Waals surface area contributed by atoms with Gasteiger partial charge in [-0.2, -0.15) is 0 Å². The van der Waals surface area contributed by atoms with Gasteiger partial charge in [0, 0.05) is 44.4 Å². The number of thioether (sulfide) groups is 1. The lowest BCUT2D eigenvalue weighted by Gasteiger charge is -2.26. The zero-order chi connectivity index (χ0) is 21.3. The number of ether oxygens (including phenoxy) is 1. The molecular weight excluding hydrogens is 400 g/mol. The SMILES string of the molecule is Cc1nc(SCC(=O)NCCCN2CCOCC2)n(C)c(=O)c1Cc1ccccc1. The van der Waals surface area contributed by atoms with Crippen molar-refractivity contribution in [2.24, 2.45) is 7.05 Å². The number of hydrogen-bond donors (Lipinski definition) is 1. The van der Waals surface area contributed by atoms with Gasteiger partial charge in [-0.3, -0.25) is 19.1 Å². The third kappa shape index (κ3) is 6.42. The molecule has 2 aromatic rings. The van der Waals surface area contributed by atoms with Gasteiger partial charge < -0.3 is 10.1 Å². The Balaban J connectivity index is 1.48. The molecule has 1 N–H and O–H groups in total. The first-order chi connectivity index (χ1) is 14.5. The van der Waals surface area contributed by atoms with Gasteiger partial charge in [-0.05, 0) is 25.5 Å². The zero-order valence-corrected chi connectivity index (χ0v) is 18.5. The lowest BCUT2D eigenvalue weighted by Crippen LogP contribution is -2.38. The molecule has 1 saturated heterocycles. The lowest BCUT2D eigenvalue weighted by atomic mass is 10.1. The van der Waals surface area contributed by atoms with Crippen LogP contribution in [0.2, 0.25) is 0 Å². The van der Waals surface area contributed by atoms with Crippen LogP contribution in [0.3, 0.4) is 0 Å². The van der Waals surface area contributed by atoms with Crippen LogP contribution in [-0.2, 0) is 23.0 Å². The number of rotatable bonds is 9. The molecule has 1 aliphatic rings. The number of benzene rings is 1. The predicted molar refractivity (Wildman–Crippen MR) is 119 cm³/mol. The Morgan fingerprint density at radius 2 is 1.97 bits per heavy atom. The van der Waals surface area contributed by atoms with E-state index in [-0.39, 0.29) is 17.2 Å². The predicted octanol–water partition coefficient (Wildman–Crippen LogP) is 1.61. The molecule has 0 saturated carbocycles. The van der Waals surface area contributed by atoms with Crippen molar-refractivity contribution in [1.82, 2.24) is 19.8 Å². The summed E-state index contributed by atoms with van der Waals surface area (Å²) in [4.78, 5) is 31.9. The van der Waals surface area contributed by atoms with Crippen molar-refractivity contribution >= 4 is 17.7 Å². The fourth-order valence-corrected chi connectivity index (χ4v) is 4.24. The van der Waals surface area contributed by atoms with Crippen molar-refractivity contribution in [1.29, 1.82) is 0 Å². The molecule has 1 fully saturated rings. The Morgan fingerprint density at radius 3 is 2.70 bits per heavy atom. The molecule has 162 valence electrons. The van der Waals surface area contributed by atoms with Gasteiger partial charge in [0.2, 0.25) is 5.91 Å². The summed E-state index contributed by atoms with van der Waals surface area (Å²) >= 11 is 1.30. The number of aromatic nitrogens is 2. The largest absolute Gasteiger partial charge is 0.379 e. The summed E-state index contributed by atoms with van der Waals surface area (Å²) in [7, 11) is 1.71. The molecular formula is C22H30N4O3S. The van der Waals surface area contributed by atoms with Crippen molar-refractivity contribution in [3.05, 3.63) is 57.5 Å². The number of hydrogen-bond acceptors (Lipinski definition) is 6. The van der Waals surface area contributed by atoms with E-state index in [0.717, 1.165) is 50.5 Å². The minimum atomic E-state index is -0.0558. The number of aryl methyl sites for hydroxylation is 1. The van der Waals surface area contributed by atoms with Gasteiger partial charge in [-0.25, -0.2) is 4.98 Å². The van der Waals surface area contributed by atoms with Gasteiger partial charge in [0.15, 0.2) is 5.16 Å². The minimum absolute atomic E-state index is 0.0396. The maximum atomic E-state index is 12.8. The van der Waals surface area contributed by atoms with Crippen LogP contribution in [0.25, 0.3) is 0 Å². The van der Waals surface area contributed by atoms with Crippen LogP contribution in [0, 0.1) is 6.92 Å². The second-order valence-electron chi connectivity index (χ2n) is 7.43. The van der Waals surface area contributed by atoms with Crippen LogP contribution >= 0.6 is 11.8 Å². The van der Waals surface area contributed by atoms with Crippen molar-refractivity contribution in [3.8, 4) is 0 Å². The summed E-state index contributed by atoms with van der Waals surface area (Å²) in [5.74, 6) is 0.206. The van der Waals surface area contributed by atoms with Crippen molar-refractivity contribution < 1.29 is 9.53 Å². The van der Waals surface area contributed by atoms with E-state index in [2.05, 4.69) is 15.2 Å². The van der Waals surface area contributed by atoms with Crippen molar-refractivity contribution in [2.45, 2.75) is 24.9 Å². The summed E-state index contributed by atoms with van der Waals surface area (Å²) in [5, 5.41) is 3.52. The molecule has 7 nitrogen and oxygen atoms in total. The number of morpholine rings is 1. The Kier molecular flexibility index (Phi) is 8.48. The molecule has 0 atom stereocenters. The molecule has 0 radical (unpaired) electrons. The first-order valence-corrected chi connectivity index (χ1v) is 11.3. The van der Waals surface area contributed by atoms with Crippen LogP contribution in [0.4, 0.5) is 0 Å². The third-order valence-electron chi connectivity index (χ3n) is 5.18. The fourth-order valence-electron chi connectivity index (χ4n) is 3.40. The quantitative estimate of drug-likeness (QED) is 0.370. The molecule has 1 aliphatic heterocycles. The number of carbonyl (C=O) groups excluding carboxylic acids is 1. The maximum Gasteiger partial charge on any atom is 0.257 e. The monoisotopic (exact) mass is 430 g/mol. The van der Waals surface area contributed by atoms with E-state index in [1.165, 1.54) is 11.8 Å². The van der Waals surface area contributed by atoms with Gasteiger partial charge in [0.05, 0.1) is 19.0 Å². The van der Waals surface area contributed by atoms with E-state index in [9.17, 15) is 9.59 Å². The van der Waals surface area contributed by atoms with Crippen LogP contribution in [0.5, 0.6) is 0 Å². The second-order valence-corrected chi connectivity index (χ2v) is 8.37. The molecule has 1 aromatic carbocycles. The number of nitrogens with one attached hydrogen (secondary N) is 1. The third-order valence-corrected chi connectivity index (χ3v) is 6.21. The van der Waals surface area contributed by atoms with E-state index < -0.39 is 0 Å². The minimum Gasteiger partial charge on any atom is -0.379 e. The Hall–Kier alpha value is -2.16. The van der Waals surface area contributed by atoms with Gasteiger partial charge in [0.1, 0.15) is 0 Å². The van der Waals surface area contributed by atoms with Crippen LogP contribution in [-0.4, -0.2) is 65.5 Å². The Labute approximate surface area is 181 Å². The highest BCUT2D eigenvalue weighted by atomic mass is 32.2. The van der Waals surface area contributed by atoms with E-state index in [1.807, 2.05) is 37.3 Å². The van der Waals surface area contributed by atoms with E-state index in [4.69, 9.17) is 4.74 Å². The van der Waals surface area contributed by atoms with Crippen LogP contribution < -0.4 is 10.9 Å². The average molecular weight is 431 g/mol. The first kappa shape index (κ1) is 22.5. The normalized spacial score (nSPS) is 14.6. The molecule has 2 heterocycles. The molecule has 1 aromatic heterocycles. The maximum absolute atomic E-state index is 12.8. The number of carbonyl (C=O) groups is 1. The van der Waals surface area contributed by atoms with Crippen molar-refractivity contribution in [3.63, 3.8) is 0 Å². The fraction of sp³-hybridized carbons (Fsp3) is 0.500. The van der Waals surface area contributed by atoms with Crippen molar-refractivity contribution in [2.75, 3.05) is 45.1 Å². The summed E-state index contributed by atoms with van der Waals surface area (Å²) in [6.45, 7) is 6.98. The lowest BCUT2D eigenvalue weighted by molar-refractivity contribution is -0.118. The molecule has 1 amide bonds. The molecule has 8 heteroatoms. The van der Waals surface area contributed by atoms with E-state index >= 15 is 0 Å². The number of amides is 1. The Bertz CT molecular complexity index is 895. The molecule has 3 rings (SSSR count). The zero-order valence-electron chi connectivity index (χ0n) is 17.7. The van der Waals surface area contributed by atoms with Gasteiger partial charge in [-0.1, -0.05) is 42.1 Å². The summed E-state index contributed by atoms with van der Waals surface area (Å²) in [5.41, 5.74) is 2.44. The summed E-state index contributed by atoms with van der Waals surface area (Å²) in [6.07, 6.45) is 1.47. The molecule has 0 spiro atoms. The van der Waals surface area contributed by atoms with Gasteiger partial charge in [-0.15, -0.1) is 0 Å². The first-order valence-electron chi connectivity index (χ1n) is 10.3. The van der Waals surface area contributed by atoms with Crippen LogP contribution in [0.15, 0.2) is 40.3 Å². The molecule has 0 bridgehead atoms. The highest BCUT2D eigenvalue weighted by molar-refractivity contribution is 7.99. The van der Waals surface area contributed by atoms with Crippen LogP contribution in [0.1, 0.15) is 23.2 Å². The standard InChI is InChI=1S/C22H30N4O3S/c1-17-19(15-18-7-4-3-5-8-18)21(28)25(2)22(24-17)30-16-20(27)23-9-6-10-26-11-13-29-14-12-26/h3-5,7-8H,6,9-16H2,1-2H3,(H,23,27). The second kappa shape index (κ2) is 11.3. The smallest absolute Gasteiger partial charge is 0.257 e. The molecule has 0 aliphatic carbocycles. The van der Waals surface area contributed by atoms with Gasteiger partial charge in [0.25, 0.3) is 5.56 Å².